The SMILES string of the molecule is COc1cccc(/C=C(\C(=O)c2ccccc2)c2nc3ccccc3o2)c1OC. The number of carbonyl (C=O) groups excluding carboxylic acids is 1. The van der Waals surface area contributed by atoms with Crippen molar-refractivity contribution in [1.29, 1.82) is 0 Å². The van der Waals surface area contributed by atoms with E-state index in [2.05, 4.69) is 4.98 Å². The van der Waals surface area contributed by atoms with Gasteiger partial charge in [-0.25, -0.2) is 4.98 Å². The van der Waals surface area contributed by atoms with Crippen LogP contribution in [0.5, 0.6) is 11.5 Å². The Labute approximate surface area is 168 Å². The van der Waals surface area contributed by atoms with Crippen molar-refractivity contribution in [1.82, 2.24) is 4.98 Å². The van der Waals surface area contributed by atoms with Gasteiger partial charge in [0.15, 0.2) is 22.9 Å². The molecule has 4 rings (SSSR count). The summed E-state index contributed by atoms with van der Waals surface area (Å²) in [5, 5.41) is 0. The molecule has 5 nitrogen and oxygen atoms in total. The lowest BCUT2D eigenvalue weighted by molar-refractivity contribution is 0.105. The number of hydrogen-bond acceptors (Lipinski definition) is 5. The molecule has 0 aliphatic carbocycles. The Bertz CT molecular complexity index is 1160. The maximum Gasteiger partial charge on any atom is 0.231 e. The number of ether oxygens (including phenoxy) is 2. The highest BCUT2D eigenvalue weighted by Gasteiger charge is 2.21. The molecule has 0 fully saturated rings. The molecule has 0 atom stereocenters. The summed E-state index contributed by atoms with van der Waals surface area (Å²) >= 11 is 0. The summed E-state index contributed by atoms with van der Waals surface area (Å²) in [7, 11) is 3.13. The summed E-state index contributed by atoms with van der Waals surface area (Å²) < 4.78 is 16.8. The van der Waals surface area contributed by atoms with E-state index < -0.39 is 0 Å². The van der Waals surface area contributed by atoms with Crippen molar-refractivity contribution in [3.8, 4) is 11.5 Å². The van der Waals surface area contributed by atoms with E-state index in [1.165, 1.54) is 0 Å². The van der Waals surface area contributed by atoms with Gasteiger partial charge in [0.25, 0.3) is 0 Å². The molecule has 0 saturated heterocycles. The molecule has 0 radical (unpaired) electrons. The van der Waals surface area contributed by atoms with Crippen LogP contribution < -0.4 is 9.47 Å². The van der Waals surface area contributed by atoms with E-state index in [-0.39, 0.29) is 11.7 Å². The molecule has 144 valence electrons. The number of hydrogen-bond donors (Lipinski definition) is 0. The molecule has 5 heteroatoms. The fourth-order valence-electron chi connectivity index (χ4n) is 3.14. The maximum absolute atomic E-state index is 13.3. The molecule has 0 N–H and O–H groups in total. The van der Waals surface area contributed by atoms with E-state index in [1.807, 2.05) is 54.6 Å². The highest BCUT2D eigenvalue weighted by molar-refractivity contribution is 6.31. The highest BCUT2D eigenvalue weighted by atomic mass is 16.5. The molecule has 0 aliphatic rings. The van der Waals surface area contributed by atoms with Crippen LogP contribution in [-0.4, -0.2) is 25.0 Å². The largest absolute Gasteiger partial charge is 0.493 e. The van der Waals surface area contributed by atoms with E-state index in [4.69, 9.17) is 13.9 Å². The van der Waals surface area contributed by atoms with E-state index in [0.717, 1.165) is 0 Å². The second-order valence-electron chi connectivity index (χ2n) is 6.32. The number of benzene rings is 3. The summed E-state index contributed by atoms with van der Waals surface area (Å²) in [4.78, 5) is 17.9. The number of fused-ring (bicyclic) bond motifs is 1. The number of allylic oxidation sites excluding steroid dienone is 1. The van der Waals surface area contributed by atoms with Crippen LogP contribution in [0, 0.1) is 0 Å². The molecular weight excluding hydrogens is 366 g/mol. The molecule has 0 aliphatic heterocycles. The number of aromatic nitrogens is 1. The molecule has 0 amide bonds. The number of oxazole rings is 1. The third kappa shape index (κ3) is 3.62. The maximum atomic E-state index is 13.3. The van der Waals surface area contributed by atoms with Gasteiger partial charge in [0, 0.05) is 11.1 Å². The zero-order valence-corrected chi connectivity index (χ0v) is 16.1. The van der Waals surface area contributed by atoms with Gasteiger partial charge in [-0.2, -0.15) is 0 Å². The van der Waals surface area contributed by atoms with Crippen LogP contribution in [0.2, 0.25) is 0 Å². The third-order valence-corrected chi connectivity index (χ3v) is 4.54. The molecule has 1 aromatic heterocycles. The Hall–Kier alpha value is -3.86. The number of para-hydroxylation sites is 3. The fraction of sp³-hybridized carbons (Fsp3) is 0.0833. The van der Waals surface area contributed by atoms with E-state index in [1.54, 1.807) is 38.5 Å². The van der Waals surface area contributed by atoms with Crippen molar-refractivity contribution in [2.24, 2.45) is 0 Å². The topological polar surface area (TPSA) is 61.6 Å². The van der Waals surface area contributed by atoms with Crippen LogP contribution in [0.25, 0.3) is 22.7 Å². The Morgan fingerprint density at radius 3 is 2.38 bits per heavy atom. The Morgan fingerprint density at radius 2 is 1.66 bits per heavy atom. The van der Waals surface area contributed by atoms with E-state index in [9.17, 15) is 4.79 Å². The Kier molecular flexibility index (Phi) is 5.12. The molecule has 3 aromatic carbocycles. The first-order chi connectivity index (χ1) is 14.2. The normalized spacial score (nSPS) is 11.4. The quantitative estimate of drug-likeness (QED) is 0.334. The summed E-state index contributed by atoms with van der Waals surface area (Å²) in [6, 6.07) is 21.9. The monoisotopic (exact) mass is 385 g/mol. The summed E-state index contributed by atoms with van der Waals surface area (Å²) in [6.07, 6.45) is 1.72. The molecule has 29 heavy (non-hydrogen) atoms. The zero-order chi connectivity index (χ0) is 20.2. The predicted molar refractivity (Wildman–Crippen MR) is 112 cm³/mol. The molecule has 4 aromatic rings. The van der Waals surface area contributed by atoms with E-state index >= 15 is 0 Å². The predicted octanol–water partition coefficient (Wildman–Crippen LogP) is 5.27. The van der Waals surface area contributed by atoms with Gasteiger partial charge in [0.05, 0.1) is 19.8 Å². The standard InChI is InChI=1S/C24H19NO4/c1-27-21-14-8-11-17(23(21)28-2)15-18(22(26)16-9-4-3-5-10-16)24-25-19-12-6-7-13-20(19)29-24/h3-15H,1-2H3/b18-15+. The minimum atomic E-state index is -0.193. The van der Waals surface area contributed by atoms with Gasteiger partial charge < -0.3 is 13.9 Å². The molecule has 0 spiro atoms. The van der Waals surface area contributed by atoms with Gasteiger partial charge >= 0.3 is 0 Å². The highest BCUT2D eigenvalue weighted by Crippen LogP contribution is 2.34. The average Bonchev–Trinajstić information content (AvgIpc) is 3.21. The number of rotatable bonds is 6. The lowest BCUT2D eigenvalue weighted by Gasteiger charge is -2.11. The van der Waals surface area contributed by atoms with Crippen LogP contribution in [0.15, 0.2) is 77.2 Å². The number of carbonyl (C=O) groups is 1. The number of ketones is 1. The summed E-state index contributed by atoms with van der Waals surface area (Å²) in [5.41, 5.74) is 2.87. The minimum Gasteiger partial charge on any atom is -0.493 e. The second-order valence-corrected chi connectivity index (χ2v) is 6.32. The van der Waals surface area contributed by atoms with Crippen molar-refractivity contribution < 1.29 is 18.7 Å². The molecule has 0 bridgehead atoms. The number of methoxy groups -OCH3 is 2. The Balaban J connectivity index is 1.91. The van der Waals surface area contributed by atoms with Gasteiger partial charge in [0.1, 0.15) is 5.52 Å². The van der Waals surface area contributed by atoms with Gasteiger partial charge in [0.2, 0.25) is 5.89 Å². The van der Waals surface area contributed by atoms with Gasteiger partial charge in [-0.1, -0.05) is 54.6 Å². The first-order valence-corrected chi connectivity index (χ1v) is 9.09. The van der Waals surface area contributed by atoms with Crippen molar-refractivity contribution in [2.45, 2.75) is 0 Å². The molecule has 1 heterocycles. The minimum absolute atomic E-state index is 0.193. The zero-order valence-electron chi connectivity index (χ0n) is 16.1. The van der Waals surface area contributed by atoms with Crippen molar-refractivity contribution in [3.05, 3.63) is 89.8 Å². The van der Waals surface area contributed by atoms with Crippen molar-refractivity contribution >= 4 is 28.5 Å². The first-order valence-electron chi connectivity index (χ1n) is 9.09. The van der Waals surface area contributed by atoms with Crippen LogP contribution in [0.4, 0.5) is 0 Å². The smallest absolute Gasteiger partial charge is 0.231 e. The lowest BCUT2D eigenvalue weighted by Crippen LogP contribution is -2.03. The third-order valence-electron chi connectivity index (χ3n) is 4.54. The molecular formula is C24H19NO4. The lowest BCUT2D eigenvalue weighted by atomic mass is 10.0. The van der Waals surface area contributed by atoms with Gasteiger partial charge in [-0.3, -0.25) is 4.79 Å². The molecule has 0 saturated carbocycles. The van der Waals surface area contributed by atoms with Gasteiger partial charge in [-0.05, 0) is 24.3 Å². The van der Waals surface area contributed by atoms with Crippen LogP contribution in [0.1, 0.15) is 21.8 Å². The average molecular weight is 385 g/mol. The van der Waals surface area contributed by atoms with Crippen molar-refractivity contribution in [2.75, 3.05) is 14.2 Å². The van der Waals surface area contributed by atoms with Crippen LogP contribution in [-0.2, 0) is 0 Å². The number of nitrogens with zero attached hydrogens (tertiary/aromatic N) is 1. The Morgan fingerprint density at radius 1 is 0.897 bits per heavy atom. The summed E-state index contributed by atoms with van der Waals surface area (Å²) in [5.74, 6) is 1.17. The first kappa shape index (κ1) is 18.5. The fourth-order valence-corrected chi connectivity index (χ4v) is 3.14. The van der Waals surface area contributed by atoms with E-state index in [0.29, 0.717) is 39.3 Å². The van der Waals surface area contributed by atoms with Crippen LogP contribution >= 0.6 is 0 Å². The molecule has 0 unspecified atom stereocenters. The van der Waals surface area contributed by atoms with Crippen LogP contribution in [0.3, 0.4) is 0 Å². The second kappa shape index (κ2) is 8.02. The van der Waals surface area contributed by atoms with Gasteiger partial charge in [-0.15, -0.1) is 0 Å². The number of Topliss-reactive ketones (excluding diaryl/α,β-unsaturated/α-hetero) is 1. The van der Waals surface area contributed by atoms with Crippen molar-refractivity contribution in [3.63, 3.8) is 0 Å². The summed E-state index contributed by atoms with van der Waals surface area (Å²) in [6.45, 7) is 0.